The number of aliphatic hydroxyl groups is 1. The van der Waals surface area contributed by atoms with E-state index in [1.165, 1.54) is 6.07 Å². The predicted octanol–water partition coefficient (Wildman–Crippen LogP) is 3.83. The number of hydrogen-bond donors (Lipinski definition) is 1. The van der Waals surface area contributed by atoms with Gasteiger partial charge in [0.15, 0.2) is 0 Å². The molecule has 0 fully saturated rings. The molecule has 0 aliphatic carbocycles. The molecule has 0 spiro atoms. The van der Waals surface area contributed by atoms with Crippen molar-refractivity contribution in [2.45, 2.75) is 26.9 Å². The summed E-state index contributed by atoms with van der Waals surface area (Å²) in [6.45, 7) is 5.64. The highest BCUT2D eigenvalue weighted by atomic mass is 19.1. The highest BCUT2D eigenvalue weighted by molar-refractivity contribution is 5.38. The van der Waals surface area contributed by atoms with Crippen LogP contribution < -0.4 is 0 Å². The summed E-state index contributed by atoms with van der Waals surface area (Å²) in [5.74, 6) is -0.281. The third kappa shape index (κ3) is 2.44. The Morgan fingerprint density at radius 2 is 1.61 bits per heavy atom. The molecular weight excluding hydrogens is 227 g/mol. The molecule has 0 aliphatic heterocycles. The molecule has 1 atom stereocenters. The number of hydrogen-bond acceptors (Lipinski definition) is 1. The van der Waals surface area contributed by atoms with E-state index in [0.717, 1.165) is 16.7 Å². The molecule has 2 aromatic rings. The first-order valence-electron chi connectivity index (χ1n) is 6.00. The van der Waals surface area contributed by atoms with Crippen LogP contribution in [0.1, 0.15) is 33.9 Å². The van der Waals surface area contributed by atoms with Crippen LogP contribution in [0.5, 0.6) is 0 Å². The first-order chi connectivity index (χ1) is 8.49. The van der Waals surface area contributed by atoms with Gasteiger partial charge in [0.05, 0.1) is 0 Å². The number of halogens is 1. The maximum atomic E-state index is 13.5. The van der Waals surface area contributed by atoms with Crippen molar-refractivity contribution >= 4 is 0 Å². The number of benzene rings is 2. The van der Waals surface area contributed by atoms with E-state index in [1.54, 1.807) is 19.1 Å². The number of rotatable bonds is 2. The molecule has 0 aromatic heterocycles. The normalized spacial score (nSPS) is 12.5. The van der Waals surface area contributed by atoms with E-state index in [4.69, 9.17) is 0 Å². The molecular formula is C16H17FO. The van der Waals surface area contributed by atoms with Gasteiger partial charge in [-0.3, -0.25) is 0 Å². The highest BCUT2D eigenvalue weighted by Gasteiger charge is 2.14. The molecule has 0 amide bonds. The molecule has 2 rings (SSSR count). The van der Waals surface area contributed by atoms with Crippen molar-refractivity contribution in [1.82, 2.24) is 0 Å². The minimum absolute atomic E-state index is 0.281. The molecule has 0 radical (unpaired) electrons. The van der Waals surface area contributed by atoms with Gasteiger partial charge in [-0.2, -0.15) is 0 Å². The van der Waals surface area contributed by atoms with Gasteiger partial charge >= 0.3 is 0 Å². The second-order valence-corrected chi connectivity index (χ2v) is 4.77. The van der Waals surface area contributed by atoms with E-state index >= 15 is 0 Å². The largest absolute Gasteiger partial charge is 0.384 e. The third-order valence-electron chi connectivity index (χ3n) is 3.24. The van der Waals surface area contributed by atoms with Gasteiger partial charge in [-0.1, -0.05) is 35.9 Å². The van der Waals surface area contributed by atoms with Crippen LogP contribution in [-0.2, 0) is 0 Å². The first kappa shape index (κ1) is 12.8. The monoisotopic (exact) mass is 244 g/mol. The van der Waals surface area contributed by atoms with Crippen molar-refractivity contribution in [2.24, 2.45) is 0 Å². The summed E-state index contributed by atoms with van der Waals surface area (Å²) in [6, 6.07) is 10.8. The Morgan fingerprint density at radius 3 is 2.28 bits per heavy atom. The zero-order valence-electron chi connectivity index (χ0n) is 10.9. The Morgan fingerprint density at radius 1 is 0.944 bits per heavy atom. The zero-order chi connectivity index (χ0) is 13.3. The van der Waals surface area contributed by atoms with Crippen LogP contribution in [0, 0.1) is 26.6 Å². The van der Waals surface area contributed by atoms with Crippen LogP contribution in [0.15, 0.2) is 36.4 Å². The maximum Gasteiger partial charge on any atom is 0.126 e. The Hall–Kier alpha value is -1.67. The fraction of sp³-hybridized carbons (Fsp3) is 0.250. The Labute approximate surface area is 107 Å². The molecule has 0 aliphatic rings. The summed E-state index contributed by atoms with van der Waals surface area (Å²) >= 11 is 0. The maximum absolute atomic E-state index is 13.5. The Bertz CT molecular complexity index is 575. The van der Waals surface area contributed by atoms with Crippen LogP contribution in [0.3, 0.4) is 0 Å². The quantitative estimate of drug-likeness (QED) is 0.851. The number of aryl methyl sites for hydroxylation is 3. The predicted molar refractivity (Wildman–Crippen MR) is 71.1 cm³/mol. The van der Waals surface area contributed by atoms with Crippen molar-refractivity contribution in [3.63, 3.8) is 0 Å². The first-order valence-corrected chi connectivity index (χ1v) is 6.00. The van der Waals surface area contributed by atoms with Crippen molar-refractivity contribution in [1.29, 1.82) is 0 Å². The lowest BCUT2D eigenvalue weighted by Crippen LogP contribution is -2.03. The van der Waals surface area contributed by atoms with Crippen LogP contribution in [0.2, 0.25) is 0 Å². The van der Waals surface area contributed by atoms with Gasteiger partial charge in [0.25, 0.3) is 0 Å². The minimum atomic E-state index is -0.778. The van der Waals surface area contributed by atoms with Gasteiger partial charge in [0.2, 0.25) is 0 Å². The van der Waals surface area contributed by atoms with E-state index < -0.39 is 6.10 Å². The lowest BCUT2D eigenvalue weighted by atomic mass is 9.95. The van der Waals surface area contributed by atoms with Gasteiger partial charge in [-0.25, -0.2) is 4.39 Å². The van der Waals surface area contributed by atoms with Gasteiger partial charge in [0.1, 0.15) is 11.9 Å². The van der Waals surface area contributed by atoms with Crippen molar-refractivity contribution in [3.8, 4) is 0 Å². The van der Waals surface area contributed by atoms with E-state index in [2.05, 4.69) is 0 Å². The molecule has 1 N–H and O–H groups in total. The second kappa shape index (κ2) is 4.91. The van der Waals surface area contributed by atoms with Crippen LogP contribution >= 0.6 is 0 Å². The topological polar surface area (TPSA) is 20.2 Å². The molecule has 0 bridgehead atoms. The standard InChI is InChI=1S/C16H17FO/c1-10-4-5-11(2)14(8-10)16(18)13-7-6-12(3)15(17)9-13/h4-9,16,18H,1-3H3. The zero-order valence-corrected chi connectivity index (χ0v) is 10.9. The molecule has 94 valence electrons. The molecule has 1 nitrogen and oxygen atoms in total. The van der Waals surface area contributed by atoms with Crippen molar-refractivity contribution < 1.29 is 9.50 Å². The van der Waals surface area contributed by atoms with Crippen LogP contribution in [0.4, 0.5) is 4.39 Å². The van der Waals surface area contributed by atoms with E-state index in [1.807, 2.05) is 32.0 Å². The van der Waals surface area contributed by atoms with Gasteiger partial charge in [0, 0.05) is 0 Å². The molecule has 0 heterocycles. The molecule has 18 heavy (non-hydrogen) atoms. The summed E-state index contributed by atoms with van der Waals surface area (Å²) in [5.41, 5.74) is 4.10. The average Bonchev–Trinajstić information content (AvgIpc) is 2.35. The Kier molecular flexibility index (Phi) is 3.48. The Balaban J connectivity index is 2.44. The summed E-state index contributed by atoms with van der Waals surface area (Å²) in [7, 11) is 0. The van der Waals surface area contributed by atoms with E-state index in [-0.39, 0.29) is 5.82 Å². The number of aliphatic hydroxyl groups excluding tert-OH is 1. The van der Waals surface area contributed by atoms with Crippen LogP contribution in [0.25, 0.3) is 0 Å². The van der Waals surface area contributed by atoms with Crippen LogP contribution in [-0.4, -0.2) is 5.11 Å². The SMILES string of the molecule is Cc1ccc(C)c(C(O)c2ccc(C)c(F)c2)c1. The molecule has 1 unspecified atom stereocenters. The fourth-order valence-corrected chi connectivity index (χ4v) is 2.01. The lowest BCUT2D eigenvalue weighted by molar-refractivity contribution is 0.219. The van der Waals surface area contributed by atoms with Crippen molar-refractivity contribution in [3.05, 3.63) is 70.0 Å². The lowest BCUT2D eigenvalue weighted by Gasteiger charge is -2.15. The smallest absolute Gasteiger partial charge is 0.126 e. The molecule has 2 heteroatoms. The third-order valence-corrected chi connectivity index (χ3v) is 3.24. The summed E-state index contributed by atoms with van der Waals surface area (Å²) < 4.78 is 13.5. The minimum Gasteiger partial charge on any atom is -0.384 e. The van der Waals surface area contributed by atoms with Gasteiger partial charge in [-0.05, 0) is 49.1 Å². The summed E-state index contributed by atoms with van der Waals surface area (Å²) in [5, 5.41) is 10.3. The average molecular weight is 244 g/mol. The highest BCUT2D eigenvalue weighted by Crippen LogP contribution is 2.26. The summed E-state index contributed by atoms with van der Waals surface area (Å²) in [4.78, 5) is 0. The van der Waals surface area contributed by atoms with Crippen molar-refractivity contribution in [2.75, 3.05) is 0 Å². The van der Waals surface area contributed by atoms with E-state index in [9.17, 15) is 9.50 Å². The second-order valence-electron chi connectivity index (χ2n) is 4.77. The van der Waals surface area contributed by atoms with Gasteiger partial charge < -0.3 is 5.11 Å². The van der Waals surface area contributed by atoms with E-state index in [0.29, 0.717) is 11.1 Å². The molecule has 0 saturated carbocycles. The molecule has 0 saturated heterocycles. The fourth-order valence-electron chi connectivity index (χ4n) is 2.01. The summed E-state index contributed by atoms with van der Waals surface area (Å²) in [6.07, 6.45) is -0.778. The van der Waals surface area contributed by atoms with Gasteiger partial charge in [-0.15, -0.1) is 0 Å². The molecule has 2 aromatic carbocycles.